The van der Waals surface area contributed by atoms with Crippen LogP contribution in [0.1, 0.15) is 21.5 Å². The van der Waals surface area contributed by atoms with Gasteiger partial charge in [-0.2, -0.15) is 0 Å². The molecule has 1 amide bonds. The van der Waals surface area contributed by atoms with E-state index in [-0.39, 0.29) is 5.91 Å². The van der Waals surface area contributed by atoms with Gasteiger partial charge in [0.25, 0.3) is 5.91 Å². The summed E-state index contributed by atoms with van der Waals surface area (Å²) in [6.07, 6.45) is 1.62. The first kappa shape index (κ1) is 14.0. The highest BCUT2D eigenvalue weighted by Crippen LogP contribution is 2.11. The number of halogens is 1. The summed E-state index contributed by atoms with van der Waals surface area (Å²) in [4.78, 5) is 16.0. The van der Waals surface area contributed by atoms with Crippen molar-refractivity contribution in [1.82, 2.24) is 10.3 Å². The lowest BCUT2D eigenvalue weighted by molar-refractivity contribution is 0.0950. The van der Waals surface area contributed by atoms with Crippen molar-refractivity contribution in [3.63, 3.8) is 0 Å². The van der Waals surface area contributed by atoms with Crippen molar-refractivity contribution in [2.24, 2.45) is 0 Å². The molecular formula is C15H15FN2O2. The summed E-state index contributed by atoms with van der Waals surface area (Å²) in [5.74, 6) is -0.217. The van der Waals surface area contributed by atoms with Crippen molar-refractivity contribution >= 4 is 5.91 Å². The van der Waals surface area contributed by atoms with Gasteiger partial charge in [-0.3, -0.25) is 4.79 Å². The normalized spacial score (nSPS) is 10.2. The molecule has 20 heavy (non-hydrogen) atoms. The van der Waals surface area contributed by atoms with Crippen LogP contribution in [0.15, 0.2) is 36.5 Å². The van der Waals surface area contributed by atoms with Crippen LogP contribution in [-0.2, 0) is 6.54 Å². The third-order valence-corrected chi connectivity index (χ3v) is 2.90. The molecule has 5 heteroatoms. The number of nitrogens with one attached hydrogen (secondary N) is 1. The second-order valence-corrected chi connectivity index (χ2v) is 4.35. The van der Waals surface area contributed by atoms with Gasteiger partial charge >= 0.3 is 0 Å². The van der Waals surface area contributed by atoms with Gasteiger partial charge in [0, 0.05) is 24.4 Å². The first-order valence-electron chi connectivity index (χ1n) is 6.13. The Labute approximate surface area is 116 Å². The van der Waals surface area contributed by atoms with Crippen LogP contribution in [0, 0.1) is 12.7 Å². The fourth-order valence-electron chi connectivity index (χ4n) is 1.75. The van der Waals surface area contributed by atoms with E-state index in [0.717, 1.165) is 11.1 Å². The van der Waals surface area contributed by atoms with E-state index in [2.05, 4.69) is 10.3 Å². The van der Waals surface area contributed by atoms with E-state index in [1.807, 2.05) is 6.07 Å². The lowest BCUT2D eigenvalue weighted by Crippen LogP contribution is -2.23. The molecule has 2 rings (SSSR count). The molecule has 104 valence electrons. The largest absolute Gasteiger partial charge is 0.481 e. The molecule has 0 bridgehead atoms. The van der Waals surface area contributed by atoms with E-state index in [1.54, 1.807) is 25.3 Å². The van der Waals surface area contributed by atoms with Gasteiger partial charge in [0.2, 0.25) is 5.88 Å². The maximum Gasteiger partial charge on any atom is 0.251 e. The number of pyridine rings is 1. The number of amides is 1. The van der Waals surface area contributed by atoms with Gasteiger partial charge in [-0.1, -0.05) is 12.1 Å². The quantitative estimate of drug-likeness (QED) is 0.931. The van der Waals surface area contributed by atoms with E-state index in [4.69, 9.17) is 4.74 Å². The number of hydrogen-bond donors (Lipinski definition) is 1. The molecule has 1 aromatic heterocycles. The van der Waals surface area contributed by atoms with E-state index < -0.39 is 5.82 Å². The number of rotatable bonds is 4. The van der Waals surface area contributed by atoms with Crippen LogP contribution in [0.3, 0.4) is 0 Å². The monoisotopic (exact) mass is 274 g/mol. The van der Waals surface area contributed by atoms with Crippen LogP contribution >= 0.6 is 0 Å². The fraction of sp³-hybridized carbons (Fsp3) is 0.200. The molecule has 0 spiro atoms. The molecule has 0 aliphatic heterocycles. The van der Waals surface area contributed by atoms with Crippen molar-refractivity contribution in [2.75, 3.05) is 7.11 Å². The zero-order valence-corrected chi connectivity index (χ0v) is 11.3. The topological polar surface area (TPSA) is 51.2 Å². The van der Waals surface area contributed by atoms with Gasteiger partial charge in [0.1, 0.15) is 5.82 Å². The number of benzene rings is 1. The van der Waals surface area contributed by atoms with E-state index >= 15 is 0 Å². The van der Waals surface area contributed by atoms with Crippen LogP contribution in [0.25, 0.3) is 0 Å². The number of carbonyl (C=O) groups is 1. The number of methoxy groups -OCH3 is 1. The molecule has 1 aromatic carbocycles. The molecular weight excluding hydrogens is 259 g/mol. The Morgan fingerprint density at radius 3 is 2.80 bits per heavy atom. The Balaban J connectivity index is 2.02. The van der Waals surface area contributed by atoms with Gasteiger partial charge in [0.15, 0.2) is 0 Å². The molecule has 0 unspecified atom stereocenters. The maximum absolute atomic E-state index is 13.2. The second-order valence-electron chi connectivity index (χ2n) is 4.35. The van der Waals surface area contributed by atoms with Gasteiger partial charge in [0.05, 0.1) is 7.11 Å². The van der Waals surface area contributed by atoms with Gasteiger partial charge in [-0.15, -0.1) is 0 Å². The molecule has 2 aromatic rings. The number of aromatic nitrogens is 1. The van der Waals surface area contributed by atoms with Crippen molar-refractivity contribution in [3.8, 4) is 5.88 Å². The molecule has 0 saturated carbocycles. The zero-order chi connectivity index (χ0) is 14.5. The standard InChI is InChI=1S/C15H15FN2O2/c1-10-3-5-12(16)7-13(10)15(19)18-9-11-4-6-14(20-2)17-8-11/h3-8H,9H2,1-2H3,(H,18,19). The van der Waals surface area contributed by atoms with Gasteiger partial charge in [-0.05, 0) is 30.2 Å². The van der Waals surface area contributed by atoms with Crippen molar-refractivity contribution in [1.29, 1.82) is 0 Å². The molecule has 0 fully saturated rings. The van der Waals surface area contributed by atoms with E-state index in [0.29, 0.717) is 18.0 Å². The lowest BCUT2D eigenvalue weighted by atomic mass is 10.1. The number of aryl methyl sites for hydroxylation is 1. The molecule has 0 aliphatic rings. The number of carbonyl (C=O) groups excluding carboxylic acids is 1. The average Bonchev–Trinajstić information content (AvgIpc) is 2.47. The molecule has 0 atom stereocenters. The minimum absolute atomic E-state index is 0.308. The highest BCUT2D eigenvalue weighted by Gasteiger charge is 2.09. The van der Waals surface area contributed by atoms with Gasteiger partial charge < -0.3 is 10.1 Å². The number of nitrogens with zero attached hydrogens (tertiary/aromatic N) is 1. The van der Waals surface area contributed by atoms with Crippen LogP contribution in [-0.4, -0.2) is 18.0 Å². The smallest absolute Gasteiger partial charge is 0.251 e. The minimum atomic E-state index is -0.424. The third-order valence-electron chi connectivity index (χ3n) is 2.90. The van der Waals surface area contributed by atoms with Crippen LogP contribution < -0.4 is 10.1 Å². The summed E-state index contributed by atoms with van der Waals surface area (Å²) < 4.78 is 18.1. The molecule has 1 heterocycles. The van der Waals surface area contributed by atoms with Crippen molar-refractivity contribution < 1.29 is 13.9 Å². The SMILES string of the molecule is COc1ccc(CNC(=O)c2cc(F)ccc2C)cn1. The van der Waals surface area contributed by atoms with Crippen LogP contribution in [0.2, 0.25) is 0 Å². The maximum atomic E-state index is 13.2. The molecule has 0 radical (unpaired) electrons. The molecule has 0 saturated heterocycles. The van der Waals surface area contributed by atoms with Gasteiger partial charge in [-0.25, -0.2) is 9.37 Å². The Kier molecular flexibility index (Phi) is 4.30. The minimum Gasteiger partial charge on any atom is -0.481 e. The predicted octanol–water partition coefficient (Wildman–Crippen LogP) is 2.47. The first-order valence-corrected chi connectivity index (χ1v) is 6.13. The Morgan fingerprint density at radius 2 is 2.15 bits per heavy atom. The van der Waals surface area contributed by atoms with Crippen LogP contribution in [0.4, 0.5) is 4.39 Å². The zero-order valence-electron chi connectivity index (χ0n) is 11.3. The summed E-state index contributed by atoms with van der Waals surface area (Å²) in [7, 11) is 1.54. The molecule has 1 N–H and O–H groups in total. The average molecular weight is 274 g/mol. The third kappa shape index (κ3) is 3.32. The highest BCUT2D eigenvalue weighted by molar-refractivity contribution is 5.95. The summed E-state index contributed by atoms with van der Waals surface area (Å²) in [5, 5.41) is 2.73. The van der Waals surface area contributed by atoms with Crippen molar-refractivity contribution in [3.05, 3.63) is 59.0 Å². The molecule has 4 nitrogen and oxygen atoms in total. The number of hydrogen-bond acceptors (Lipinski definition) is 3. The number of ether oxygens (including phenoxy) is 1. The van der Waals surface area contributed by atoms with Crippen LogP contribution in [0.5, 0.6) is 5.88 Å². The second kappa shape index (κ2) is 6.14. The first-order chi connectivity index (χ1) is 9.60. The Hall–Kier alpha value is -2.43. The fourth-order valence-corrected chi connectivity index (χ4v) is 1.75. The van der Waals surface area contributed by atoms with E-state index in [1.165, 1.54) is 19.2 Å². The Morgan fingerprint density at radius 1 is 1.35 bits per heavy atom. The summed E-state index contributed by atoms with van der Waals surface area (Å²) in [5.41, 5.74) is 1.91. The lowest BCUT2D eigenvalue weighted by Gasteiger charge is -2.08. The summed E-state index contributed by atoms with van der Waals surface area (Å²) >= 11 is 0. The predicted molar refractivity (Wildman–Crippen MR) is 73.1 cm³/mol. The Bertz CT molecular complexity index is 612. The summed E-state index contributed by atoms with van der Waals surface area (Å²) in [6.45, 7) is 2.09. The summed E-state index contributed by atoms with van der Waals surface area (Å²) in [6, 6.07) is 7.68. The van der Waals surface area contributed by atoms with Crippen molar-refractivity contribution in [2.45, 2.75) is 13.5 Å². The highest BCUT2D eigenvalue weighted by atomic mass is 19.1. The molecule has 0 aliphatic carbocycles. The van der Waals surface area contributed by atoms with E-state index in [9.17, 15) is 9.18 Å².